The molecule has 0 unspecified atom stereocenters. The Bertz CT molecular complexity index is 761. The Kier molecular flexibility index (Phi) is 5.36. The zero-order valence-electron chi connectivity index (χ0n) is 13.4. The van der Waals surface area contributed by atoms with E-state index >= 15 is 0 Å². The van der Waals surface area contributed by atoms with E-state index in [1.165, 1.54) is 34.6 Å². The molecular weight excluding hydrogens is 390 g/mol. The number of hydrogen-bond acceptors (Lipinski definition) is 4. The molecule has 1 aliphatic rings. The van der Waals surface area contributed by atoms with Gasteiger partial charge in [-0.25, -0.2) is 4.79 Å². The standard InChI is InChI=1S/C18H18BrNO3S/c1-11-8-13(19)6-7-14(11)20-17(21)10-23-18(22)16-9-12-4-2-3-5-15(12)24-16/h6-9H,2-5,10H2,1H3,(H,20,21). The van der Waals surface area contributed by atoms with Gasteiger partial charge in [0.15, 0.2) is 6.61 Å². The molecule has 0 saturated heterocycles. The molecule has 0 atom stereocenters. The highest BCUT2D eigenvalue weighted by atomic mass is 79.9. The molecule has 0 saturated carbocycles. The van der Waals surface area contributed by atoms with Crippen molar-refractivity contribution in [2.45, 2.75) is 32.6 Å². The second-order valence-corrected chi connectivity index (χ2v) is 7.90. The number of nitrogens with one attached hydrogen (secondary N) is 1. The first-order valence-electron chi connectivity index (χ1n) is 7.87. The van der Waals surface area contributed by atoms with Crippen LogP contribution in [0.2, 0.25) is 0 Å². The number of esters is 1. The minimum absolute atomic E-state index is 0.281. The first kappa shape index (κ1) is 17.2. The summed E-state index contributed by atoms with van der Waals surface area (Å²) >= 11 is 4.87. The number of benzene rings is 1. The number of rotatable bonds is 4. The van der Waals surface area contributed by atoms with Crippen LogP contribution >= 0.6 is 27.3 Å². The summed E-state index contributed by atoms with van der Waals surface area (Å²) in [7, 11) is 0. The van der Waals surface area contributed by atoms with Gasteiger partial charge in [0.25, 0.3) is 5.91 Å². The van der Waals surface area contributed by atoms with Crippen molar-refractivity contribution in [1.29, 1.82) is 0 Å². The maximum Gasteiger partial charge on any atom is 0.348 e. The number of thiophene rings is 1. The second-order valence-electron chi connectivity index (χ2n) is 5.85. The van der Waals surface area contributed by atoms with E-state index in [2.05, 4.69) is 21.2 Å². The molecule has 1 aromatic heterocycles. The predicted octanol–water partition coefficient (Wildman–Crippen LogP) is 4.49. The van der Waals surface area contributed by atoms with Crippen molar-refractivity contribution in [3.8, 4) is 0 Å². The van der Waals surface area contributed by atoms with Crippen molar-refractivity contribution in [3.63, 3.8) is 0 Å². The largest absolute Gasteiger partial charge is 0.451 e. The Morgan fingerprint density at radius 1 is 1.25 bits per heavy atom. The van der Waals surface area contributed by atoms with Crippen molar-refractivity contribution in [2.75, 3.05) is 11.9 Å². The molecule has 126 valence electrons. The molecule has 6 heteroatoms. The predicted molar refractivity (Wildman–Crippen MR) is 98.8 cm³/mol. The number of carbonyl (C=O) groups excluding carboxylic acids is 2. The summed E-state index contributed by atoms with van der Waals surface area (Å²) in [6.07, 6.45) is 4.42. The summed E-state index contributed by atoms with van der Waals surface area (Å²) in [5, 5.41) is 2.76. The van der Waals surface area contributed by atoms with Crippen LogP contribution in [0.3, 0.4) is 0 Å². The quantitative estimate of drug-likeness (QED) is 0.759. The Morgan fingerprint density at radius 2 is 2.04 bits per heavy atom. The number of amides is 1. The first-order valence-corrected chi connectivity index (χ1v) is 9.48. The topological polar surface area (TPSA) is 55.4 Å². The van der Waals surface area contributed by atoms with Gasteiger partial charge in [0.05, 0.1) is 0 Å². The summed E-state index contributed by atoms with van der Waals surface area (Å²) in [6, 6.07) is 7.49. The Morgan fingerprint density at radius 3 is 2.79 bits per heavy atom. The van der Waals surface area contributed by atoms with Gasteiger partial charge in [-0.15, -0.1) is 11.3 Å². The van der Waals surface area contributed by atoms with Gasteiger partial charge in [-0.3, -0.25) is 4.79 Å². The third-order valence-corrected chi connectivity index (χ3v) is 5.71. The molecule has 3 rings (SSSR count). The average molecular weight is 408 g/mol. The summed E-state index contributed by atoms with van der Waals surface area (Å²) in [5.41, 5.74) is 2.91. The van der Waals surface area contributed by atoms with Gasteiger partial charge < -0.3 is 10.1 Å². The number of halogens is 1. The number of carbonyl (C=O) groups is 2. The maximum absolute atomic E-state index is 12.1. The fourth-order valence-electron chi connectivity index (χ4n) is 2.75. The normalized spacial score (nSPS) is 13.2. The summed E-state index contributed by atoms with van der Waals surface area (Å²) in [4.78, 5) is 26.0. The van der Waals surface area contributed by atoms with E-state index in [0.29, 0.717) is 10.6 Å². The van der Waals surface area contributed by atoms with Crippen molar-refractivity contribution in [3.05, 3.63) is 49.6 Å². The van der Waals surface area contributed by atoms with Crippen LogP contribution < -0.4 is 5.32 Å². The van der Waals surface area contributed by atoms with Crippen LogP contribution in [-0.2, 0) is 22.4 Å². The van der Waals surface area contributed by atoms with Crippen LogP contribution in [0.4, 0.5) is 5.69 Å². The maximum atomic E-state index is 12.1. The molecule has 0 radical (unpaired) electrons. The van der Waals surface area contributed by atoms with Gasteiger partial charge in [-0.1, -0.05) is 15.9 Å². The van der Waals surface area contributed by atoms with Crippen LogP contribution in [0.25, 0.3) is 0 Å². The fraction of sp³-hybridized carbons (Fsp3) is 0.333. The third kappa shape index (κ3) is 4.05. The van der Waals surface area contributed by atoms with Gasteiger partial charge in [0.1, 0.15) is 4.88 Å². The number of hydrogen-bond donors (Lipinski definition) is 1. The lowest BCUT2D eigenvalue weighted by atomic mass is 9.99. The van der Waals surface area contributed by atoms with Crippen LogP contribution in [0.5, 0.6) is 0 Å². The number of ether oxygens (including phenoxy) is 1. The Hall–Kier alpha value is -1.66. The van der Waals surface area contributed by atoms with Gasteiger partial charge in [-0.05, 0) is 68.0 Å². The molecule has 2 aromatic rings. The summed E-state index contributed by atoms with van der Waals surface area (Å²) in [5.74, 6) is -0.757. The van der Waals surface area contributed by atoms with E-state index in [9.17, 15) is 9.59 Å². The molecule has 0 spiro atoms. The zero-order chi connectivity index (χ0) is 17.1. The van der Waals surface area contributed by atoms with E-state index in [4.69, 9.17) is 4.74 Å². The van der Waals surface area contributed by atoms with Gasteiger partial charge in [-0.2, -0.15) is 0 Å². The molecule has 0 aliphatic heterocycles. The van der Waals surface area contributed by atoms with Crippen LogP contribution in [0, 0.1) is 6.92 Å². The van der Waals surface area contributed by atoms with Gasteiger partial charge >= 0.3 is 5.97 Å². The van der Waals surface area contributed by atoms with E-state index in [-0.39, 0.29) is 12.5 Å². The number of anilines is 1. The lowest BCUT2D eigenvalue weighted by molar-refractivity contribution is -0.119. The van der Waals surface area contributed by atoms with Gasteiger partial charge in [0, 0.05) is 15.0 Å². The van der Waals surface area contributed by atoms with E-state index in [1.807, 2.05) is 31.2 Å². The Balaban J connectivity index is 1.55. The van der Waals surface area contributed by atoms with Crippen molar-refractivity contribution < 1.29 is 14.3 Å². The highest BCUT2D eigenvalue weighted by Crippen LogP contribution is 2.30. The monoisotopic (exact) mass is 407 g/mol. The fourth-order valence-corrected chi connectivity index (χ4v) is 4.37. The van der Waals surface area contributed by atoms with E-state index in [1.54, 1.807) is 0 Å². The average Bonchev–Trinajstić information content (AvgIpc) is 2.99. The highest BCUT2D eigenvalue weighted by Gasteiger charge is 2.19. The zero-order valence-corrected chi connectivity index (χ0v) is 15.8. The Labute approximate surface area is 153 Å². The molecule has 0 fully saturated rings. The molecule has 1 N–H and O–H groups in total. The van der Waals surface area contributed by atoms with Gasteiger partial charge in [0.2, 0.25) is 0 Å². The molecule has 4 nitrogen and oxygen atoms in total. The van der Waals surface area contributed by atoms with E-state index in [0.717, 1.165) is 22.9 Å². The van der Waals surface area contributed by atoms with Crippen LogP contribution in [0.15, 0.2) is 28.7 Å². The van der Waals surface area contributed by atoms with Crippen molar-refractivity contribution >= 4 is 44.8 Å². The molecule has 1 aromatic carbocycles. The molecule has 1 aliphatic carbocycles. The highest BCUT2D eigenvalue weighted by molar-refractivity contribution is 9.10. The molecular formula is C18H18BrNO3S. The lowest BCUT2D eigenvalue weighted by Crippen LogP contribution is -2.21. The summed E-state index contributed by atoms with van der Waals surface area (Å²) in [6.45, 7) is 1.62. The number of fused-ring (bicyclic) bond motifs is 1. The second kappa shape index (κ2) is 7.49. The smallest absolute Gasteiger partial charge is 0.348 e. The summed E-state index contributed by atoms with van der Waals surface area (Å²) < 4.78 is 6.10. The minimum atomic E-state index is -0.419. The van der Waals surface area contributed by atoms with E-state index < -0.39 is 5.97 Å². The van der Waals surface area contributed by atoms with Crippen LogP contribution in [-0.4, -0.2) is 18.5 Å². The minimum Gasteiger partial charge on any atom is -0.451 e. The SMILES string of the molecule is Cc1cc(Br)ccc1NC(=O)COC(=O)c1cc2c(s1)CCCC2. The third-order valence-electron chi connectivity index (χ3n) is 3.99. The molecule has 1 heterocycles. The lowest BCUT2D eigenvalue weighted by Gasteiger charge is -2.09. The molecule has 1 amide bonds. The van der Waals surface area contributed by atoms with Crippen LogP contribution in [0.1, 0.15) is 38.5 Å². The van der Waals surface area contributed by atoms with Crippen molar-refractivity contribution in [2.24, 2.45) is 0 Å². The molecule has 0 bridgehead atoms. The van der Waals surface area contributed by atoms with Crippen molar-refractivity contribution in [1.82, 2.24) is 0 Å². The first-order chi connectivity index (χ1) is 11.5. The molecule has 24 heavy (non-hydrogen) atoms. The number of aryl methyl sites for hydroxylation is 3.